The summed E-state index contributed by atoms with van der Waals surface area (Å²) < 4.78 is 1.04. The third kappa shape index (κ3) is 4.10. The highest BCUT2D eigenvalue weighted by Gasteiger charge is 2.12. The van der Waals surface area contributed by atoms with E-state index in [1.54, 1.807) is 11.9 Å². The van der Waals surface area contributed by atoms with Crippen molar-refractivity contribution < 1.29 is 4.79 Å². The fourth-order valence-corrected chi connectivity index (χ4v) is 2.78. The predicted octanol–water partition coefficient (Wildman–Crippen LogP) is 5.04. The third-order valence-corrected chi connectivity index (χ3v) is 4.12. The first-order valence-corrected chi connectivity index (χ1v) is 8.00. The zero-order chi connectivity index (χ0) is 16.3. The lowest BCUT2D eigenvalue weighted by molar-refractivity contribution is 0.220. The zero-order valence-corrected chi connectivity index (χ0v) is 15.0. The van der Waals surface area contributed by atoms with Crippen molar-refractivity contribution in [2.75, 3.05) is 12.4 Å². The van der Waals surface area contributed by atoms with Gasteiger partial charge in [-0.3, -0.25) is 0 Å². The number of hydrogen-bond donors (Lipinski definition) is 1. The van der Waals surface area contributed by atoms with Crippen LogP contribution in [0.25, 0.3) is 0 Å². The van der Waals surface area contributed by atoms with Crippen molar-refractivity contribution in [2.45, 2.75) is 27.3 Å². The summed E-state index contributed by atoms with van der Waals surface area (Å²) in [6.45, 7) is 6.67. The van der Waals surface area contributed by atoms with Gasteiger partial charge in [-0.1, -0.05) is 45.8 Å². The Morgan fingerprint density at radius 3 is 2.18 bits per heavy atom. The minimum absolute atomic E-state index is 0.0991. The maximum Gasteiger partial charge on any atom is 0.321 e. The van der Waals surface area contributed by atoms with Gasteiger partial charge in [0.15, 0.2) is 0 Å². The van der Waals surface area contributed by atoms with E-state index in [0.717, 1.165) is 26.9 Å². The summed E-state index contributed by atoms with van der Waals surface area (Å²) in [5, 5.41) is 3.01. The van der Waals surface area contributed by atoms with E-state index in [0.29, 0.717) is 6.54 Å². The van der Waals surface area contributed by atoms with Gasteiger partial charge in [0.25, 0.3) is 0 Å². The Labute approximate surface area is 140 Å². The van der Waals surface area contributed by atoms with Crippen LogP contribution in [-0.4, -0.2) is 18.0 Å². The summed E-state index contributed by atoms with van der Waals surface area (Å²) >= 11 is 3.41. The van der Waals surface area contributed by atoms with E-state index in [1.807, 2.05) is 38.1 Å². The Kier molecular flexibility index (Phi) is 5.24. The number of anilines is 1. The highest BCUT2D eigenvalue weighted by molar-refractivity contribution is 9.10. The Morgan fingerprint density at radius 2 is 1.64 bits per heavy atom. The second-order valence-corrected chi connectivity index (χ2v) is 6.60. The minimum Gasteiger partial charge on any atom is -0.323 e. The van der Waals surface area contributed by atoms with Crippen LogP contribution in [0.1, 0.15) is 22.3 Å². The number of hydrogen-bond acceptors (Lipinski definition) is 1. The van der Waals surface area contributed by atoms with Crippen molar-refractivity contribution in [2.24, 2.45) is 0 Å². The van der Waals surface area contributed by atoms with Crippen molar-refractivity contribution in [1.82, 2.24) is 4.90 Å². The summed E-state index contributed by atoms with van der Waals surface area (Å²) in [5.74, 6) is 0. The second-order valence-electron chi connectivity index (χ2n) is 5.69. The molecule has 0 bridgehead atoms. The summed E-state index contributed by atoms with van der Waals surface area (Å²) in [7, 11) is 1.80. The van der Waals surface area contributed by atoms with Gasteiger partial charge in [0, 0.05) is 23.8 Å². The molecule has 0 aliphatic rings. The van der Waals surface area contributed by atoms with Crippen LogP contribution in [0, 0.1) is 20.8 Å². The van der Waals surface area contributed by atoms with Crippen LogP contribution in [0.2, 0.25) is 0 Å². The monoisotopic (exact) mass is 360 g/mol. The number of benzene rings is 2. The van der Waals surface area contributed by atoms with E-state index < -0.39 is 0 Å². The molecule has 4 heteroatoms. The van der Waals surface area contributed by atoms with Gasteiger partial charge in [0.2, 0.25) is 0 Å². The van der Waals surface area contributed by atoms with Crippen LogP contribution < -0.4 is 5.32 Å². The first-order valence-electron chi connectivity index (χ1n) is 7.21. The van der Waals surface area contributed by atoms with Crippen molar-refractivity contribution in [1.29, 1.82) is 0 Å². The molecule has 1 N–H and O–H groups in total. The lowest BCUT2D eigenvalue weighted by atomic mass is 10.1. The van der Waals surface area contributed by atoms with Gasteiger partial charge >= 0.3 is 6.03 Å². The number of amides is 2. The highest BCUT2D eigenvalue weighted by Crippen LogP contribution is 2.22. The summed E-state index contributed by atoms with van der Waals surface area (Å²) in [4.78, 5) is 14.1. The molecule has 0 atom stereocenters. The molecule has 2 rings (SSSR count). The Balaban J connectivity index is 2.07. The number of rotatable bonds is 3. The fourth-order valence-electron chi connectivity index (χ4n) is 2.52. The molecule has 2 aromatic carbocycles. The molecule has 0 aromatic heterocycles. The normalized spacial score (nSPS) is 10.4. The minimum atomic E-state index is -0.0991. The molecule has 0 aliphatic carbocycles. The molecular weight excluding hydrogens is 340 g/mol. The topological polar surface area (TPSA) is 32.3 Å². The Bertz CT molecular complexity index is 657. The molecule has 0 heterocycles. The van der Waals surface area contributed by atoms with E-state index in [9.17, 15) is 4.79 Å². The highest BCUT2D eigenvalue weighted by atomic mass is 79.9. The first-order chi connectivity index (χ1) is 10.4. The van der Waals surface area contributed by atoms with Crippen molar-refractivity contribution in [3.05, 3.63) is 63.1 Å². The van der Waals surface area contributed by atoms with Crippen molar-refractivity contribution in [3.63, 3.8) is 0 Å². The number of urea groups is 1. The number of nitrogens with zero attached hydrogens (tertiary/aromatic N) is 1. The van der Waals surface area contributed by atoms with Crippen LogP contribution in [-0.2, 0) is 6.54 Å². The van der Waals surface area contributed by atoms with Crippen LogP contribution >= 0.6 is 15.9 Å². The number of carbonyl (C=O) groups excluding carboxylic acids is 1. The average Bonchev–Trinajstić information content (AvgIpc) is 2.45. The molecular formula is C18H21BrN2O. The SMILES string of the molecule is Cc1cc(C)c(NC(=O)N(C)Cc2ccc(Br)cc2)c(C)c1. The smallest absolute Gasteiger partial charge is 0.321 e. The van der Waals surface area contributed by atoms with E-state index in [1.165, 1.54) is 5.56 Å². The van der Waals surface area contributed by atoms with Crippen molar-refractivity contribution >= 4 is 27.6 Å². The first kappa shape index (κ1) is 16.6. The largest absolute Gasteiger partial charge is 0.323 e. The molecule has 0 radical (unpaired) electrons. The fraction of sp³-hybridized carbons (Fsp3) is 0.278. The maximum atomic E-state index is 12.4. The number of halogens is 1. The van der Waals surface area contributed by atoms with E-state index >= 15 is 0 Å². The summed E-state index contributed by atoms with van der Waals surface area (Å²) in [6.07, 6.45) is 0. The molecule has 2 amide bonds. The molecule has 0 spiro atoms. The Morgan fingerprint density at radius 1 is 1.09 bits per heavy atom. The zero-order valence-electron chi connectivity index (χ0n) is 13.4. The third-order valence-electron chi connectivity index (χ3n) is 3.59. The van der Waals surface area contributed by atoms with Gasteiger partial charge in [0.05, 0.1) is 0 Å². The van der Waals surface area contributed by atoms with Crippen molar-refractivity contribution in [3.8, 4) is 0 Å². The molecule has 2 aromatic rings. The van der Waals surface area contributed by atoms with Gasteiger partial charge < -0.3 is 10.2 Å². The molecule has 0 unspecified atom stereocenters. The van der Waals surface area contributed by atoms with Gasteiger partial charge in [-0.2, -0.15) is 0 Å². The lowest BCUT2D eigenvalue weighted by Crippen LogP contribution is -2.31. The molecule has 116 valence electrons. The Hall–Kier alpha value is -1.81. The molecule has 0 aliphatic heterocycles. The van der Waals surface area contributed by atoms with Crippen LogP contribution in [0.5, 0.6) is 0 Å². The standard InChI is InChI=1S/C18H21BrN2O/c1-12-9-13(2)17(14(3)10-12)20-18(22)21(4)11-15-5-7-16(19)8-6-15/h5-10H,11H2,1-4H3,(H,20,22). The van der Waals surface area contributed by atoms with Gasteiger partial charge in [0.1, 0.15) is 0 Å². The van der Waals surface area contributed by atoms with Gasteiger partial charge in [-0.15, -0.1) is 0 Å². The summed E-state index contributed by atoms with van der Waals surface area (Å²) in [6, 6.07) is 12.0. The van der Waals surface area contributed by atoms with Crippen LogP contribution in [0.15, 0.2) is 40.9 Å². The predicted molar refractivity (Wildman–Crippen MR) is 95.3 cm³/mol. The number of nitrogens with one attached hydrogen (secondary N) is 1. The number of carbonyl (C=O) groups is 1. The van der Waals surface area contributed by atoms with E-state index in [-0.39, 0.29) is 6.03 Å². The quantitative estimate of drug-likeness (QED) is 0.816. The van der Waals surface area contributed by atoms with E-state index in [2.05, 4.69) is 40.3 Å². The maximum absolute atomic E-state index is 12.4. The molecule has 0 saturated carbocycles. The van der Waals surface area contributed by atoms with Crippen LogP contribution in [0.3, 0.4) is 0 Å². The number of aryl methyl sites for hydroxylation is 3. The lowest BCUT2D eigenvalue weighted by Gasteiger charge is -2.20. The second kappa shape index (κ2) is 6.97. The van der Waals surface area contributed by atoms with Gasteiger partial charge in [-0.05, 0) is 49.6 Å². The van der Waals surface area contributed by atoms with E-state index in [4.69, 9.17) is 0 Å². The molecule has 0 fully saturated rings. The molecule has 22 heavy (non-hydrogen) atoms. The van der Waals surface area contributed by atoms with Crippen LogP contribution in [0.4, 0.5) is 10.5 Å². The average molecular weight is 361 g/mol. The molecule has 3 nitrogen and oxygen atoms in total. The van der Waals surface area contributed by atoms with Gasteiger partial charge in [-0.25, -0.2) is 4.79 Å². The summed E-state index contributed by atoms with van der Waals surface area (Å²) in [5.41, 5.74) is 5.37. The molecule has 0 saturated heterocycles.